The molecular weight excluding hydrogens is 292 g/mol. The number of aromatic amines is 1. The summed E-state index contributed by atoms with van der Waals surface area (Å²) in [5.74, 6) is 0.535. The highest BCUT2D eigenvalue weighted by atomic mass is 15.1. The molecule has 0 radical (unpaired) electrons. The van der Waals surface area contributed by atoms with Crippen molar-refractivity contribution in [1.82, 2.24) is 9.88 Å². The largest absolute Gasteiger partial charge is 0.361 e. The number of fused-ring (bicyclic) bond motifs is 1. The summed E-state index contributed by atoms with van der Waals surface area (Å²) in [5, 5.41) is 1.37. The highest BCUT2D eigenvalue weighted by molar-refractivity contribution is 5.82. The molecule has 1 aromatic heterocycles. The lowest BCUT2D eigenvalue weighted by Crippen LogP contribution is -2.32. The van der Waals surface area contributed by atoms with E-state index in [0.717, 1.165) is 26.1 Å². The molecular formula is C22H24N2. The highest BCUT2D eigenvalue weighted by Crippen LogP contribution is 2.23. The second-order valence-electron chi connectivity index (χ2n) is 6.67. The van der Waals surface area contributed by atoms with E-state index in [1.165, 1.54) is 28.5 Å². The van der Waals surface area contributed by atoms with Crippen LogP contribution in [0.25, 0.3) is 10.9 Å². The van der Waals surface area contributed by atoms with Crippen LogP contribution < -0.4 is 0 Å². The van der Waals surface area contributed by atoms with E-state index in [9.17, 15) is 0 Å². The summed E-state index contributed by atoms with van der Waals surface area (Å²) >= 11 is 0. The van der Waals surface area contributed by atoms with E-state index in [-0.39, 0.29) is 0 Å². The number of hydrogen-bond donors (Lipinski definition) is 1. The third-order valence-corrected chi connectivity index (χ3v) is 5.01. The SMILES string of the molecule is C1=CC(c2ccccc2)CN(CCCc2c[nH]c3ccccc23)C1. The van der Waals surface area contributed by atoms with Gasteiger partial charge in [0.2, 0.25) is 0 Å². The van der Waals surface area contributed by atoms with Crippen LogP contribution in [0.1, 0.15) is 23.5 Å². The third kappa shape index (κ3) is 3.29. The number of H-pyrrole nitrogens is 1. The monoisotopic (exact) mass is 316 g/mol. The van der Waals surface area contributed by atoms with Gasteiger partial charge in [0.15, 0.2) is 0 Å². The smallest absolute Gasteiger partial charge is 0.0456 e. The van der Waals surface area contributed by atoms with Gasteiger partial charge in [-0.1, -0.05) is 60.7 Å². The molecule has 1 N–H and O–H groups in total. The number of para-hydroxylation sites is 1. The van der Waals surface area contributed by atoms with Gasteiger partial charge in [0, 0.05) is 36.1 Å². The van der Waals surface area contributed by atoms with Crippen molar-refractivity contribution in [2.75, 3.05) is 19.6 Å². The molecule has 0 spiro atoms. The van der Waals surface area contributed by atoms with E-state index in [0.29, 0.717) is 5.92 Å². The van der Waals surface area contributed by atoms with Crippen LogP contribution in [-0.2, 0) is 6.42 Å². The van der Waals surface area contributed by atoms with Gasteiger partial charge in [0.05, 0.1) is 0 Å². The van der Waals surface area contributed by atoms with Crippen LogP contribution in [0.5, 0.6) is 0 Å². The number of nitrogens with one attached hydrogen (secondary N) is 1. The Hall–Kier alpha value is -2.32. The molecule has 1 aliphatic rings. The van der Waals surface area contributed by atoms with Crippen LogP contribution in [0, 0.1) is 0 Å². The summed E-state index contributed by atoms with van der Waals surface area (Å²) < 4.78 is 0. The second-order valence-corrected chi connectivity index (χ2v) is 6.67. The first-order valence-electron chi connectivity index (χ1n) is 8.89. The zero-order valence-electron chi connectivity index (χ0n) is 14.0. The molecule has 0 fully saturated rings. The van der Waals surface area contributed by atoms with Gasteiger partial charge in [-0.15, -0.1) is 0 Å². The summed E-state index contributed by atoms with van der Waals surface area (Å²) in [6.07, 6.45) is 9.21. The second kappa shape index (κ2) is 7.06. The lowest BCUT2D eigenvalue weighted by Gasteiger charge is -2.29. The maximum Gasteiger partial charge on any atom is 0.0456 e. The van der Waals surface area contributed by atoms with Gasteiger partial charge >= 0.3 is 0 Å². The first-order valence-corrected chi connectivity index (χ1v) is 8.89. The predicted octanol–water partition coefficient (Wildman–Crippen LogP) is 4.76. The topological polar surface area (TPSA) is 19.0 Å². The fourth-order valence-electron chi connectivity index (χ4n) is 3.72. The van der Waals surface area contributed by atoms with Crippen LogP contribution in [0.3, 0.4) is 0 Å². The molecule has 0 amide bonds. The summed E-state index contributed by atoms with van der Waals surface area (Å²) in [5.41, 5.74) is 4.12. The molecule has 0 aliphatic carbocycles. The van der Waals surface area contributed by atoms with Crippen LogP contribution in [0.2, 0.25) is 0 Å². The van der Waals surface area contributed by atoms with Gasteiger partial charge < -0.3 is 4.98 Å². The molecule has 2 heterocycles. The zero-order valence-corrected chi connectivity index (χ0v) is 14.0. The van der Waals surface area contributed by atoms with E-state index in [1.54, 1.807) is 0 Å². The van der Waals surface area contributed by atoms with Gasteiger partial charge in [0.1, 0.15) is 0 Å². The Bertz CT molecular complexity index is 816. The van der Waals surface area contributed by atoms with Crippen LogP contribution in [0.15, 0.2) is 72.9 Å². The van der Waals surface area contributed by atoms with E-state index >= 15 is 0 Å². The van der Waals surface area contributed by atoms with Gasteiger partial charge in [-0.05, 0) is 36.6 Å². The van der Waals surface area contributed by atoms with Crippen molar-refractivity contribution in [3.63, 3.8) is 0 Å². The van der Waals surface area contributed by atoms with E-state index in [2.05, 4.69) is 82.8 Å². The average Bonchev–Trinajstić information content (AvgIpc) is 3.06. The Morgan fingerprint density at radius 3 is 2.75 bits per heavy atom. The van der Waals surface area contributed by atoms with E-state index in [1.807, 2.05) is 0 Å². The first-order chi connectivity index (χ1) is 11.9. The van der Waals surface area contributed by atoms with Gasteiger partial charge in [-0.2, -0.15) is 0 Å². The van der Waals surface area contributed by atoms with Crippen molar-refractivity contribution in [2.45, 2.75) is 18.8 Å². The highest BCUT2D eigenvalue weighted by Gasteiger charge is 2.16. The van der Waals surface area contributed by atoms with Gasteiger partial charge in [-0.3, -0.25) is 4.90 Å². The number of aromatic nitrogens is 1. The maximum absolute atomic E-state index is 3.38. The summed E-state index contributed by atoms with van der Waals surface area (Å²) in [4.78, 5) is 5.96. The van der Waals surface area contributed by atoms with Crippen molar-refractivity contribution in [1.29, 1.82) is 0 Å². The quantitative estimate of drug-likeness (QED) is 0.673. The zero-order chi connectivity index (χ0) is 16.2. The van der Waals surface area contributed by atoms with Crippen molar-refractivity contribution in [2.24, 2.45) is 0 Å². The molecule has 2 aromatic carbocycles. The van der Waals surface area contributed by atoms with Crippen molar-refractivity contribution in [3.05, 3.63) is 84.1 Å². The first kappa shape index (κ1) is 15.2. The molecule has 3 aromatic rings. The number of hydrogen-bond acceptors (Lipinski definition) is 1. The summed E-state index contributed by atoms with van der Waals surface area (Å²) in [6.45, 7) is 3.37. The molecule has 4 rings (SSSR count). The lowest BCUT2D eigenvalue weighted by atomic mass is 9.95. The minimum atomic E-state index is 0.535. The average molecular weight is 316 g/mol. The molecule has 1 aliphatic heterocycles. The van der Waals surface area contributed by atoms with Crippen molar-refractivity contribution in [3.8, 4) is 0 Å². The van der Waals surface area contributed by atoms with Gasteiger partial charge in [-0.25, -0.2) is 0 Å². The van der Waals surface area contributed by atoms with Crippen LogP contribution in [-0.4, -0.2) is 29.5 Å². The molecule has 1 atom stereocenters. The van der Waals surface area contributed by atoms with E-state index < -0.39 is 0 Å². The number of rotatable bonds is 5. The number of aryl methyl sites for hydroxylation is 1. The summed E-state index contributed by atoms with van der Waals surface area (Å²) in [6, 6.07) is 19.4. The Labute approximate surface area is 143 Å². The fourth-order valence-corrected chi connectivity index (χ4v) is 3.72. The van der Waals surface area contributed by atoms with Crippen LogP contribution in [0.4, 0.5) is 0 Å². The molecule has 0 saturated heterocycles. The molecule has 2 nitrogen and oxygen atoms in total. The minimum absolute atomic E-state index is 0.535. The molecule has 24 heavy (non-hydrogen) atoms. The Kier molecular flexibility index (Phi) is 4.48. The van der Waals surface area contributed by atoms with E-state index in [4.69, 9.17) is 0 Å². The molecule has 122 valence electrons. The Balaban J connectivity index is 1.34. The molecule has 1 unspecified atom stereocenters. The van der Waals surface area contributed by atoms with Crippen molar-refractivity contribution < 1.29 is 0 Å². The third-order valence-electron chi connectivity index (χ3n) is 5.01. The standard InChI is InChI=1S/C22H24N2/c1-2-8-18(9-3-1)20-11-7-15-24(17-20)14-6-10-19-16-23-22-13-5-4-12-21(19)22/h1-5,7-9,11-13,16,20,23H,6,10,14-15,17H2. The maximum atomic E-state index is 3.38. The van der Waals surface area contributed by atoms with Gasteiger partial charge in [0.25, 0.3) is 0 Å². The number of nitrogens with zero attached hydrogens (tertiary/aromatic N) is 1. The van der Waals surface area contributed by atoms with Crippen molar-refractivity contribution >= 4 is 10.9 Å². The normalized spacial score (nSPS) is 18.2. The fraction of sp³-hybridized carbons (Fsp3) is 0.273. The summed E-state index contributed by atoms with van der Waals surface area (Å²) in [7, 11) is 0. The predicted molar refractivity (Wildman–Crippen MR) is 101 cm³/mol. The molecule has 0 bridgehead atoms. The minimum Gasteiger partial charge on any atom is -0.361 e. The lowest BCUT2D eigenvalue weighted by molar-refractivity contribution is 0.280. The van der Waals surface area contributed by atoms with Crippen LogP contribution >= 0.6 is 0 Å². The Morgan fingerprint density at radius 1 is 1.00 bits per heavy atom. The molecule has 2 heteroatoms. The molecule has 0 saturated carbocycles. The Morgan fingerprint density at radius 2 is 1.83 bits per heavy atom. The number of benzene rings is 2.